The van der Waals surface area contributed by atoms with E-state index in [-0.39, 0.29) is 0 Å². The molecule has 0 bridgehead atoms. The largest absolute Gasteiger partial charge is 0.478 e. The first-order valence-corrected chi connectivity index (χ1v) is 11.7. The molecule has 0 amide bonds. The molecule has 7 N–H and O–H groups in total. The zero-order valence-electron chi connectivity index (χ0n) is 13.2. The fourth-order valence-electron chi connectivity index (χ4n) is 2.13. The number of phosphoric ester groups is 2. The number of carbonyl (C=O) groups is 2. The Bertz CT molecular complexity index is 742. The first-order chi connectivity index (χ1) is 12.5. The Morgan fingerprint density at radius 3 is 2.04 bits per heavy atom. The van der Waals surface area contributed by atoms with E-state index in [1.165, 1.54) is 0 Å². The number of rotatable bonds is 9. The summed E-state index contributed by atoms with van der Waals surface area (Å²) in [7, 11) is -10.7. The second-order valence-corrected chi connectivity index (χ2v) is 10.7. The van der Waals surface area contributed by atoms with E-state index in [2.05, 4.69) is 40.9 Å². The molecule has 0 unspecified atom stereocenters. The van der Waals surface area contributed by atoms with E-state index >= 15 is 0 Å². The number of carboxylic acid groups (broad SMARTS) is 2. The van der Waals surface area contributed by atoms with Gasteiger partial charge >= 0.3 is 33.4 Å². The van der Waals surface area contributed by atoms with Crippen molar-refractivity contribution < 1.29 is 67.4 Å². The van der Waals surface area contributed by atoms with Gasteiger partial charge in [0.2, 0.25) is 0 Å². The lowest BCUT2D eigenvalue weighted by Gasteiger charge is -2.39. The minimum absolute atomic E-state index is 0.579. The summed E-state index contributed by atoms with van der Waals surface area (Å²) in [6.07, 6.45) is -5.92. The van der Waals surface area contributed by atoms with Crippen molar-refractivity contribution >= 4 is 59.4 Å². The Morgan fingerprint density at radius 1 is 1.14 bits per heavy atom. The van der Waals surface area contributed by atoms with Gasteiger partial charge in [-0.1, -0.05) is 31.9 Å². The number of hydrogen-bond donors (Lipinski definition) is 7. The van der Waals surface area contributed by atoms with Crippen molar-refractivity contribution in [2.75, 3.05) is 0 Å². The fourth-order valence-corrected chi connectivity index (χ4v) is 4.30. The molecule has 4 atom stereocenters. The van der Waals surface area contributed by atoms with Gasteiger partial charge in [0.15, 0.2) is 0 Å². The number of ether oxygens (including phenoxy) is 1. The van der Waals surface area contributed by atoms with Gasteiger partial charge in [0.05, 0.1) is 6.10 Å². The van der Waals surface area contributed by atoms with E-state index in [0.29, 0.717) is 6.08 Å². The molecular formula is C10H14Br2O14P2. The highest BCUT2D eigenvalue weighted by molar-refractivity contribution is 9.24. The lowest BCUT2D eigenvalue weighted by molar-refractivity contribution is -0.241. The maximum atomic E-state index is 11.6. The number of aliphatic hydroxyl groups is 1. The standard InChI is InChI=1S/C10H14Br2O14P2/c11-8(12)10(9(16)17,26-28(21,22)23)24-4-1-3(7(14)15)2-5(6(4)13)25-27(18,19)20/h2,4-6,8,13H,1H2,(H,14,15)(H,16,17)(H2,18,19,20)(H2,21,22,23)/t4-,5-,6+,10+/m1/s1. The van der Waals surface area contributed by atoms with Gasteiger partial charge in [-0.25, -0.2) is 23.2 Å². The Labute approximate surface area is 172 Å². The van der Waals surface area contributed by atoms with Crippen LogP contribution < -0.4 is 0 Å². The van der Waals surface area contributed by atoms with Crippen LogP contribution in [0.1, 0.15) is 6.42 Å². The predicted molar refractivity (Wildman–Crippen MR) is 93.3 cm³/mol. The molecule has 0 aromatic heterocycles. The van der Waals surface area contributed by atoms with Crippen LogP contribution in [0.15, 0.2) is 11.6 Å². The van der Waals surface area contributed by atoms with E-state index in [0.717, 1.165) is 0 Å². The summed E-state index contributed by atoms with van der Waals surface area (Å²) in [6.45, 7) is 0. The van der Waals surface area contributed by atoms with Crippen LogP contribution in [0.2, 0.25) is 0 Å². The molecule has 0 aromatic carbocycles. The number of phosphoric acid groups is 2. The number of aliphatic hydroxyl groups excluding tert-OH is 1. The topological polar surface area (TPSA) is 238 Å². The van der Waals surface area contributed by atoms with Crippen LogP contribution >= 0.6 is 47.5 Å². The monoisotopic (exact) mass is 578 g/mol. The highest BCUT2D eigenvalue weighted by Gasteiger charge is 2.55. The van der Waals surface area contributed by atoms with Gasteiger partial charge in [-0.15, -0.1) is 0 Å². The minimum Gasteiger partial charge on any atom is -0.478 e. The van der Waals surface area contributed by atoms with Gasteiger partial charge < -0.3 is 39.6 Å². The third-order valence-corrected chi connectivity index (χ3v) is 5.44. The molecule has 162 valence electrons. The smallest absolute Gasteiger partial charge is 0.472 e. The summed E-state index contributed by atoms with van der Waals surface area (Å²) < 4.78 is 34.1. The van der Waals surface area contributed by atoms with E-state index in [9.17, 15) is 28.9 Å². The zero-order valence-corrected chi connectivity index (χ0v) is 18.2. The molecule has 0 fully saturated rings. The maximum Gasteiger partial charge on any atom is 0.472 e. The predicted octanol–water partition coefficient (Wildman–Crippen LogP) is -0.369. The van der Waals surface area contributed by atoms with Gasteiger partial charge in [-0.3, -0.25) is 4.52 Å². The number of alkyl halides is 2. The van der Waals surface area contributed by atoms with Crippen LogP contribution in [-0.2, 0) is 32.5 Å². The Morgan fingerprint density at radius 2 is 1.68 bits per heavy atom. The molecule has 14 nitrogen and oxygen atoms in total. The van der Waals surface area contributed by atoms with E-state index in [4.69, 9.17) is 29.4 Å². The second-order valence-electron chi connectivity index (χ2n) is 5.26. The first-order valence-electron chi connectivity index (χ1n) is 6.80. The molecule has 1 aliphatic rings. The summed E-state index contributed by atoms with van der Waals surface area (Å²) in [5.74, 6) is -6.87. The molecule has 0 aromatic rings. The average molecular weight is 580 g/mol. The number of hydrogen-bond acceptors (Lipinski definition) is 8. The summed E-state index contributed by atoms with van der Waals surface area (Å²) in [5, 5.41) is 28.7. The highest BCUT2D eigenvalue weighted by atomic mass is 79.9. The molecule has 0 saturated heterocycles. The van der Waals surface area contributed by atoms with Crippen LogP contribution in [-0.4, -0.2) is 74.7 Å². The third kappa shape index (κ3) is 6.93. The highest BCUT2D eigenvalue weighted by Crippen LogP contribution is 2.48. The van der Waals surface area contributed by atoms with Crippen molar-refractivity contribution in [1.29, 1.82) is 0 Å². The molecule has 1 rings (SSSR count). The van der Waals surface area contributed by atoms with Crippen molar-refractivity contribution in [2.45, 2.75) is 34.3 Å². The van der Waals surface area contributed by atoms with E-state index in [1.54, 1.807) is 0 Å². The van der Waals surface area contributed by atoms with Crippen LogP contribution in [0.5, 0.6) is 0 Å². The van der Waals surface area contributed by atoms with Crippen LogP contribution in [0.4, 0.5) is 0 Å². The van der Waals surface area contributed by atoms with Crippen LogP contribution in [0.3, 0.4) is 0 Å². The molecule has 0 heterocycles. The Kier molecular flexibility index (Phi) is 8.56. The molecule has 0 aliphatic heterocycles. The van der Waals surface area contributed by atoms with E-state index in [1.807, 2.05) is 0 Å². The van der Waals surface area contributed by atoms with Crippen LogP contribution in [0, 0.1) is 0 Å². The summed E-state index contributed by atoms with van der Waals surface area (Å²) in [6, 6.07) is 0. The average Bonchev–Trinajstić information content (AvgIpc) is 2.46. The summed E-state index contributed by atoms with van der Waals surface area (Å²) in [4.78, 5) is 58.6. The molecule has 0 radical (unpaired) electrons. The van der Waals surface area contributed by atoms with Crippen molar-refractivity contribution in [2.24, 2.45) is 0 Å². The van der Waals surface area contributed by atoms with Gasteiger partial charge in [-0.2, -0.15) is 0 Å². The molecule has 28 heavy (non-hydrogen) atoms. The summed E-state index contributed by atoms with van der Waals surface area (Å²) >= 11 is 5.36. The molecule has 18 heteroatoms. The molecule has 0 spiro atoms. The van der Waals surface area contributed by atoms with Gasteiger partial charge in [0, 0.05) is 12.0 Å². The fraction of sp³-hybridized carbons (Fsp3) is 0.600. The maximum absolute atomic E-state index is 11.6. The van der Waals surface area contributed by atoms with Gasteiger partial charge in [0.1, 0.15) is 15.9 Å². The molecule has 1 aliphatic carbocycles. The third-order valence-electron chi connectivity index (χ3n) is 3.20. The molecule has 0 saturated carbocycles. The quantitative estimate of drug-likeness (QED) is 0.105. The first kappa shape index (κ1) is 25.8. The van der Waals surface area contributed by atoms with Crippen molar-refractivity contribution in [3.63, 3.8) is 0 Å². The van der Waals surface area contributed by atoms with Crippen LogP contribution in [0.25, 0.3) is 0 Å². The number of carboxylic acids is 2. The van der Waals surface area contributed by atoms with E-state index < -0.39 is 67.4 Å². The Hall–Kier alpha value is -0.220. The summed E-state index contributed by atoms with van der Waals surface area (Å²) in [5.41, 5.74) is -0.579. The SMILES string of the molecule is O=C(O)C1=C[C@@H](OP(=O)(O)O)[C@@H](O)[C@H](O[C@@](OP(=O)(O)O)(C(=O)O)C(Br)Br)C1. The lowest BCUT2D eigenvalue weighted by atomic mass is 9.92. The van der Waals surface area contributed by atoms with Crippen molar-refractivity contribution in [1.82, 2.24) is 0 Å². The number of halogens is 2. The Balaban J connectivity index is 3.36. The zero-order chi connectivity index (χ0) is 22.1. The van der Waals surface area contributed by atoms with Gasteiger partial charge in [-0.05, 0) is 6.08 Å². The van der Waals surface area contributed by atoms with Crippen molar-refractivity contribution in [3.05, 3.63) is 11.6 Å². The van der Waals surface area contributed by atoms with Gasteiger partial charge in [0.25, 0.3) is 0 Å². The minimum atomic E-state index is -5.50. The lowest BCUT2D eigenvalue weighted by Crippen LogP contribution is -2.55. The molecular weight excluding hydrogens is 566 g/mol. The van der Waals surface area contributed by atoms with Crippen molar-refractivity contribution in [3.8, 4) is 0 Å². The normalized spacial score (nSPS) is 25.9. The second kappa shape index (κ2) is 9.29. The number of aliphatic carboxylic acids is 2.